The number of fused-ring (bicyclic) bond motifs is 2. The van der Waals surface area contributed by atoms with Gasteiger partial charge in [0, 0.05) is 23.4 Å². The molecule has 5 heteroatoms. The van der Waals surface area contributed by atoms with Gasteiger partial charge in [-0.25, -0.2) is 9.97 Å². The Bertz CT molecular complexity index is 1500. The number of nitrogens with one attached hydrogen (secondary N) is 1. The van der Waals surface area contributed by atoms with E-state index in [2.05, 4.69) is 64.5 Å². The number of aromatic nitrogens is 3. The number of pyridine rings is 1. The lowest BCUT2D eigenvalue weighted by Gasteiger charge is -2.26. The molecule has 6 rings (SSSR count). The smallest absolute Gasteiger partial charge is 0.160 e. The van der Waals surface area contributed by atoms with Gasteiger partial charge in [0.1, 0.15) is 11.3 Å². The molecule has 2 aromatic heterocycles. The van der Waals surface area contributed by atoms with Crippen molar-refractivity contribution in [1.29, 1.82) is 5.26 Å². The van der Waals surface area contributed by atoms with Crippen LogP contribution in [0.1, 0.15) is 24.4 Å². The Kier molecular flexibility index (Phi) is 4.86. The number of nitriles is 1. The van der Waals surface area contributed by atoms with Crippen molar-refractivity contribution in [3.63, 3.8) is 0 Å². The summed E-state index contributed by atoms with van der Waals surface area (Å²) >= 11 is 0. The van der Waals surface area contributed by atoms with Crippen LogP contribution in [0.4, 0.5) is 0 Å². The van der Waals surface area contributed by atoms with Gasteiger partial charge in [-0.1, -0.05) is 36.4 Å². The van der Waals surface area contributed by atoms with Crippen LogP contribution in [0.5, 0.6) is 0 Å². The highest BCUT2D eigenvalue weighted by Gasteiger charge is 2.23. The maximum Gasteiger partial charge on any atom is 0.160 e. The van der Waals surface area contributed by atoms with Crippen molar-refractivity contribution in [1.82, 2.24) is 19.9 Å². The number of nitrogens with zero attached hydrogens (tertiary/aromatic N) is 4. The largest absolute Gasteiger partial charge is 0.317 e. The monoisotopic (exact) mass is 429 g/mol. The van der Waals surface area contributed by atoms with E-state index in [9.17, 15) is 5.26 Å². The summed E-state index contributed by atoms with van der Waals surface area (Å²) in [5, 5.41) is 15.1. The van der Waals surface area contributed by atoms with Gasteiger partial charge in [0.15, 0.2) is 5.65 Å². The van der Waals surface area contributed by atoms with E-state index in [1.165, 1.54) is 10.8 Å². The summed E-state index contributed by atoms with van der Waals surface area (Å²) in [6.07, 6.45) is 4.06. The lowest BCUT2D eigenvalue weighted by atomic mass is 10.0. The minimum atomic E-state index is 0.348. The van der Waals surface area contributed by atoms with Crippen LogP contribution in [0.15, 0.2) is 79.0 Å². The van der Waals surface area contributed by atoms with Crippen molar-refractivity contribution in [3.05, 3.63) is 84.6 Å². The molecule has 0 spiro atoms. The summed E-state index contributed by atoms with van der Waals surface area (Å²) in [7, 11) is 0. The molecule has 3 aromatic carbocycles. The molecule has 0 aliphatic carbocycles. The van der Waals surface area contributed by atoms with Gasteiger partial charge in [-0.2, -0.15) is 5.26 Å². The lowest BCUT2D eigenvalue weighted by Crippen LogP contribution is -2.29. The van der Waals surface area contributed by atoms with Crippen molar-refractivity contribution < 1.29 is 0 Å². The lowest BCUT2D eigenvalue weighted by molar-refractivity contribution is 0.376. The topological polar surface area (TPSA) is 66.5 Å². The van der Waals surface area contributed by atoms with Crippen molar-refractivity contribution in [3.8, 4) is 28.6 Å². The second-order valence-electron chi connectivity index (χ2n) is 8.60. The normalized spacial score (nSPS) is 14.5. The number of rotatable bonds is 3. The Morgan fingerprint density at radius 2 is 1.61 bits per heavy atom. The first-order valence-electron chi connectivity index (χ1n) is 11.4. The van der Waals surface area contributed by atoms with Crippen molar-refractivity contribution >= 4 is 21.9 Å². The Balaban J connectivity index is 1.50. The van der Waals surface area contributed by atoms with Crippen LogP contribution in [0.25, 0.3) is 44.5 Å². The van der Waals surface area contributed by atoms with E-state index in [1.54, 1.807) is 0 Å². The zero-order valence-corrected chi connectivity index (χ0v) is 18.2. The predicted octanol–water partition coefficient (Wildman–Crippen LogP) is 5.71. The third-order valence-corrected chi connectivity index (χ3v) is 6.56. The fraction of sp³-hybridized carbons (Fsp3) is 0.179. The van der Waals surface area contributed by atoms with Gasteiger partial charge in [0.25, 0.3) is 0 Å². The number of hydrogen-bond acceptors (Lipinski definition) is 4. The van der Waals surface area contributed by atoms with Crippen LogP contribution >= 0.6 is 0 Å². The predicted molar refractivity (Wildman–Crippen MR) is 132 cm³/mol. The number of piperidine rings is 1. The fourth-order valence-corrected chi connectivity index (χ4v) is 4.82. The molecular weight excluding hydrogens is 406 g/mol. The van der Waals surface area contributed by atoms with E-state index >= 15 is 0 Å². The molecule has 0 radical (unpaired) electrons. The molecule has 1 aliphatic rings. The van der Waals surface area contributed by atoms with Crippen molar-refractivity contribution in [2.45, 2.75) is 18.9 Å². The highest BCUT2D eigenvalue weighted by molar-refractivity contribution is 5.89. The zero-order valence-electron chi connectivity index (χ0n) is 18.2. The van der Waals surface area contributed by atoms with Gasteiger partial charge in [-0.15, -0.1) is 0 Å². The Morgan fingerprint density at radius 3 is 2.39 bits per heavy atom. The zero-order chi connectivity index (χ0) is 22.2. The number of benzene rings is 3. The molecule has 33 heavy (non-hydrogen) atoms. The Labute approximate surface area is 192 Å². The summed E-state index contributed by atoms with van der Waals surface area (Å²) in [5.41, 5.74) is 5.69. The molecule has 1 N–H and O–H groups in total. The molecule has 0 atom stereocenters. The maximum atomic E-state index is 9.19. The first kappa shape index (κ1) is 19.7. The van der Waals surface area contributed by atoms with Crippen LogP contribution < -0.4 is 5.32 Å². The number of imidazole rings is 1. The minimum absolute atomic E-state index is 0.348. The van der Waals surface area contributed by atoms with Gasteiger partial charge in [-0.3, -0.25) is 0 Å². The summed E-state index contributed by atoms with van der Waals surface area (Å²) < 4.78 is 2.31. The molecule has 5 nitrogen and oxygen atoms in total. The second-order valence-corrected chi connectivity index (χ2v) is 8.60. The third-order valence-electron chi connectivity index (χ3n) is 6.56. The second kappa shape index (κ2) is 8.16. The summed E-state index contributed by atoms with van der Waals surface area (Å²) in [6, 6.07) is 27.3. The van der Waals surface area contributed by atoms with Gasteiger partial charge in [0.2, 0.25) is 0 Å². The quantitative estimate of drug-likeness (QED) is 0.399. The maximum absolute atomic E-state index is 9.19. The van der Waals surface area contributed by atoms with Gasteiger partial charge >= 0.3 is 0 Å². The molecule has 0 amide bonds. The van der Waals surface area contributed by atoms with Crippen LogP contribution in [-0.4, -0.2) is 27.6 Å². The molecule has 0 unspecified atom stereocenters. The highest BCUT2D eigenvalue weighted by atomic mass is 15.2. The van der Waals surface area contributed by atoms with Gasteiger partial charge in [-0.05, 0) is 78.7 Å². The standard InChI is InChI=1S/C28H23N5/c29-17-19-5-7-21(8-6-19)27-32-26-16-24(23-10-9-20-3-1-2-4-22(20)15-23)18-31-28(26)33(27)25-11-13-30-14-12-25/h1-10,15-16,18,25,30H,11-14H2. The van der Waals surface area contributed by atoms with Gasteiger partial charge in [0.05, 0.1) is 11.6 Å². The first-order chi connectivity index (χ1) is 16.3. The Hall–Kier alpha value is -4.01. The van der Waals surface area contributed by atoms with E-state index in [1.807, 2.05) is 30.5 Å². The van der Waals surface area contributed by atoms with E-state index < -0.39 is 0 Å². The summed E-state index contributed by atoms with van der Waals surface area (Å²) in [6.45, 7) is 1.98. The van der Waals surface area contributed by atoms with Crippen LogP contribution in [0.3, 0.4) is 0 Å². The number of hydrogen-bond donors (Lipinski definition) is 1. The molecule has 1 saturated heterocycles. The highest BCUT2D eigenvalue weighted by Crippen LogP contribution is 2.33. The molecule has 1 aliphatic heterocycles. The Morgan fingerprint density at radius 1 is 0.848 bits per heavy atom. The van der Waals surface area contributed by atoms with Crippen LogP contribution in [-0.2, 0) is 0 Å². The molecule has 0 saturated carbocycles. The molecule has 3 heterocycles. The first-order valence-corrected chi connectivity index (χ1v) is 11.4. The summed E-state index contributed by atoms with van der Waals surface area (Å²) in [5.74, 6) is 0.921. The van der Waals surface area contributed by atoms with Gasteiger partial charge < -0.3 is 9.88 Å². The van der Waals surface area contributed by atoms with Crippen molar-refractivity contribution in [2.75, 3.05) is 13.1 Å². The van der Waals surface area contributed by atoms with E-state index in [4.69, 9.17) is 9.97 Å². The summed E-state index contributed by atoms with van der Waals surface area (Å²) in [4.78, 5) is 9.98. The van der Waals surface area contributed by atoms with E-state index in [0.717, 1.165) is 59.6 Å². The molecular formula is C28H23N5. The average Bonchev–Trinajstić information content (AvgIpc) is 3.28. The van der Waals surface area contributed by atoms with Crippen LogP contribution in [0.2, 0.25) is 0 Å². The molecule has 1 fully saturated rings. The van der Waals surface area contributed by atoms with E-state index in [-0.39, 0.29) is 0 Å². The minimum Gasteiger partial charge on any atom is -0.317 e. The van der Waals surface area contributed by atoms with Crippen LogP contribution in [0, 0.1) is 11.3 Å². The molecule has 5 aromatic rings. The third kappa shape index (κ3) is 3.55. The van der Waals surface area contributed by atoms with E-state index in [0.29, 0.717) is 11.6 Å². The SMILES string of the molecule is N#Cc1ccc(-c2nc3cc(-c4ccc5ccccc5c4)cnc3n2C2CCNCC2)cc1. The fourth-order valence-electron chi connectivity index (χ4n) is 4.82. The molecule has 160 valence electrons. The molecule has 0 bridgehead atoms. The average molecular weight is 430 g/mol. The van der Waals surface area contributed by atoms with Crippen molar-refractivity contribution in [2.24, 2.45) is 0 Å².